The molecule has 2 saturated heterocycles. The molecule has 0 bridgehead atoms. The SMILES string of the molecule is c1cnc(N2CCO[C@H]3CN(c4nccs4)C[C@H]32)cn1. The molecule has 4 rings (SSSR count). The third-order valence-electron chi connectivity index (χ3n) is 3.84. The van der Waals surface area contributed by atoms with Crippen molar-refractivity contribution in [2.24, 2.45) is 0 Å². The molecule has 0 spiro atoms. The molecule has 0 N–H and O–H groups in total. The number of morpholine rings is 1. The normalized spacial score (nSPS) is 25.8. The summed E-state index contributed by atoms with van der Waals surface area (Å²) in [5, 5.41) is 3.08. The highest BCUT2D eigenvalue weighted by Gasteiger charge is 2.41. The molecule has 0 saturated carbocycles. The lowest BCUT2D eigenvalue weighted by Crippen LogP contribution is -2.51. The maximum Gasteiger partial charge on any atom is 0.185 e. The third-order valence-corrected chi connectivity index (χ3v) is 4.67. The van der Waals surface area contributed by atoms with Crippen LogP contribution in [0, 0.1) is 0 Å². The minimum atomic E-state index is 0.217. The largest absolute Gasteiger partial charge is 0.372 e. The Morgan fingerprint density at radius 3 is 3.00 bits per heavy atom. The van der Waals surface area contributed by atoms with Crippen molar-refractivity contribution in [3.05, 3.63) is 30.2 Å². The van der Waals surface area contributed by atoms with E-state index in [0.29, 0.717) is 6.04 Å². The van der Waals surface area contributed by atoms with Crippen LogP contribution < -0.4 is 9.80 Å². The zero-order chi connectivity index (χ0) is 13.4. The van der Waals surface area contributed by atoms with Gasteiger partial charge in [0, 0.05) is 43.6 Å². The van der Waals surface area contributed by atoms with E-state index in [2.05, 4.69) is 24.8 Å². The van der Waals surface area contributed by atoms with Gasteiger partial charge in [0.1, 0.15) is 5.82 Å². The summed E-state index contributed by atoms with van der Waals surface area (Å²) < 4.78 is 5.93. The van der Waals surface area contributed by atoms with Crippen molar-refractivity contribution in [3.8, 4) is 0 Å². The van der Waals surface area contributed by atoms with Crippen molar-refractivity contribution in [1.29, 1.82) is 0 Å². The highest BCUT2D eigenvalue weighted by Crippen LogP contribution is 2.30. The number of aromatic nitrogens is 3. The Balaban J connectivity index is 1.58. The fourth-order valence-corrected chi connectivity index (χ4v) is 3.60. The maximum absolute atomic E-state index is 5.93. The van der Waals surface area contributed by atoms with Gasteiger partial charge in [0.15, 0.2) is 5.13 Å². The van der Waals surface area contributed by atoms with Crippen LogP contribution in [-0.2, 0) is 4.74 Å². The summed E-state index contributed by atoms with van der Waals surface area (Å²) in [4.78, 5) is 17.6. The number of ether oxygens (including phenoxy) is 1. The average molecular weight is 289 g/mol. The summed E-state index contributed by atoms with van der Waals surface area (Å²) >= 11 is 1.68. The molecule has 104 valence electrons. The van der Waals surface area contributed by atoms with Gasteiger partial charge >= 0.3 is 0 Å². The lowest BCUT2D eigenvalue weighted by atomic mass is 10.1. The number of fused-ring (bicyclic) bond motifs is 1. The van der Waals surface area contributed by atoms with Crippen molar-refractivity contribution >= 4 is 22.3 Å². The lowest BCUT2D eigenvalue weighted by Gasteiger charge is -2.37. The zero-order valence-electron chi connectivity index (χ0n) is 10.9. The third kappa shape index (κ3) is 2.03. The predicted octanol–water partition coefficient (Wildman–Crippen LogP) is 1.03. The summed E-state index contributed by atoms with van der Waals surface area (Å²) in [5.74, 6) is 0.937. The topological polar surface area (TPSA) is 54.4 Å². The van der Waals surface area contributed by atoms with Crippen LogP contribution in [0.2, 0.25) is 0 Å². The number of nitrogens with zero attached hydrogens (tertiary/aromatic N) is 5. The highest BCUT2D eigenvalue weighted by molar-refractivity contribution is 7.13. The average Bonchev–Trinajstić information content (AvgIpc) is 3.16. The molecule has 0 aromatic carbocycles. The minimum absolute atomic E-state index is 0.217. The van der Waals surface area contributed by atoms with Crippen LogP contribution in [0.1, 0.15) is 0 Å². The van der Waals surface area contributed by atoms with Gasteiger partial charge in [0.05, 0.1) is 24.9 Å². The van der Waals surface area contributed by atoms with E-state index < -0.39 is 0 Å². The fourth-order valence-electron chi connectivity index (χ4n) is 2.94. The van der Waals surface area contributed by atoms with Gasteiger partial charge in [-0.2, -0.15) is 0 Å². The van der Waals surface area contributed by atoms with E-state index in [9.17, 15) is 0 Å². The van der Waals surface area contributed by atoms with Crippen LogP contribution >= 0.6 is 11.3 Å². The molecule has 4 heterocycles. The number of rotatable bonds is 2. The molecule has 0 aliphatic carbocycles. The minimum Gasteiger partial charge on any atom is -0.372 e. The second kappa shape index (κ2) is 4.99. The van der Waals surface area contributed by atoms with E-state index in [1.165, 1.54) is 0 Å². The first-order valence-corrected chi connectivity index (χ1v) is 7.58. The molecule has 0 radical (unpaired) electrons. The van der Waals surface area contributed by atoms with Gasteiger partial charge in [-0.1, -0.05) is 0 Å². The molecular formula is C13H15N5OS. The molecule has 2 aliphatic rings. The molecule has 0 amide bonds. The zero-order valence-corrected chi connectivity index (χ0v) is 11.7. The fraction of sp³-hybridized carbons (Fsp3) is 0.462. The van der Waals surface area contributed by atoms with Crippen LogP contribution in [0.5, 0.6) is 0 Å². The first-order chi connectivity index (χ1) is 9.92. The first kappa shape index (κ1) is 12.0. The predicted molar refractivity (Wildman–Crippen MR) is 77.2 cm³/mol. The van der Waals surface area contributed by atoms with Crippen molar-refractivity contribution < 1.29 is 4.74 Å². The summed E-state index contributed by atoms with van der Waals surface area (Å²) in [6, 6.07) is 0.323. The Bertz CT molecular complexity index is 563. The van der Waals surface area contributed by atoms with Gasteiger partial charge in [-0.05, 0) is 0 Å². The Labute approximate surface area is 121 Å². The van der Waals surface area contributed by atoms with Crippen molar-refractivity contribution in [2.45, 2.75) is 12.1 Å². The molecule has 20 heavy (non-hydrogen) atoms. The molecule has 2 aromatic rings. The molecule has 2 fully saturated rings. The summed E-state index contributed by atoms with van der Waals surface area (Å²) in [7, 11) is 0. The van der Waals surface area contributed by atoms with E-state index >= 15 is 0 Å². The Hall–Kier alpha value is -1.73. The number of hydrogen-bond donors (Lipinski definition) is 0. The molecule has 7 heteroatoms. The van der Waals surface area contributed by atoms with Crippen LogP contribution in [0.4, 0.5) is 10.9 Å². The molecule has 6 nitrogen and oxygen atoms in total. The Morgan fingerprint density at radius 2 is 2.20 bits per heavy atom. The van der Waals surface area contributed by atoms with E-state index in [1.54, 1.807) is 23.7 Å². The van der Waals surface area contributed by atoms with Gasteiger partial charge in [0.2, 0.25) is 0 Å². The van der Waals surface area contributed by atoms with E-state index in [-0.39, 0.29) is 6.10 Å². The molecule has 2 atom stereocenters. The second-order valence-corrected chi connectivity index (χ2v) is 5.83. The van der Waals surface area contributed by atoms with E-state index in [0.717, 1.165) is 37.2 Å². The van der Waals surface area contributed by atoms with Gasteiger partial charge in [-0.25, -0.2) is 9.97 Å². The standard InChI is InChI=1S/C13H15N5OS/c1-2-15-12(7-14-1)18-4-5-19-11-9-17(8-10(11)18)13-16-3-6-20-13/h1-3,6-7,10-11H,4-5,8-9H2/t10-,11+/m1/s1. The van der Waals surface area contributed by atoms with Crippen molar-refractivity contribution in [1.82, 2.24) is 15.0 Å². The monoisotopic (exact) mass is 289 g/mol. The van der Waals surface area contributed by atoms with Gasteiger partial charge in [-0.3, -0.25) is 4.98 Å². The van der Waals surface area contributed by atoms with Gasteiger partial charge in [-0.15, -0.1) is 11.3 Å². The molecule has 2 aromatic heterocycles. The summed E-state index contributed by atoms with van der Waals surface area (Å²) in [6.07, 6.45) is 7.35. The smallest absolute Gasteiger partial charge is 0.185 e. The summed E-state index contributed by atoms with van der Waals surface area (Å²) in [6.45, 7) is 3.43. The van der Waals surface area contributed by atoms with Crippen LogP contribution in [0.3, 0.4) is 0 Å². The lowest BCUT2D eigenvalue weighted by molar-refractivity contribution is 0.0352. The Morgan fingerprint density at radius 1 is 1.20 bits per heavy atom. The summed E-state index contributed by atoms with van der Waals surface area (Å²) in [5.41, 5.74) is 0. The maximum atomic E-state index is 5.93. The number of hydrogen-bond acceptors (Lipinski definition) is 7. The van der Waals surface area contributed by atoms with Gasteiger partial charge in [0.25, 0.3) is 0 Å². The second-order valence-electron chi connectivity index (χ2n) is 4.95. The number of anilines is 2. The molecule has 0 unspecified atom stereocenters. The van der Waals surface area contributed by atoms with E-state index in [1.807, 2.05) is 17.8 Å². The molecule has 2 aliphatic heterocycles. The van der Waals surface area contributed by atoms with Crippen LogP contribution in [-0.4, -0.2) is 53.3 Å². The van der Waals surface area contributed by atoms with Crippen LogP contribution in [0.25, 0.3) is 0 Å². The van der Waals surface area contributed by atoms with Crippen molar-refractivity contribution in [2.75, 3.05) is 36.0 Å². The molecular weight excluding hydrogens is 274 g/mol. The van der Waals surface area contributed by atoms with Gasteiger partial charge < -0.3 is 14.5 Å². The Kier molecular flexibility index (Phi) is 3.00. The highest BCUT2D eigenvalue weighted by atomic mass is 32.1. The van der Waals surface area contributed by atoms with Crippen molar-refractivity contribution in [3.63, 3.8) is 0 Å². The van der Waals surface area contributed by atoms with Crippen LogP contribution in [0.15, 0.2) is 30.2 Å². The first-order valence-electron chi connectivity index (χ1n) is 6.70. The number of thiazole rings is 1. The van der Waals surface area contributed by atoms with E-state index in [4.69, 9.17) is 4.74 Å². The quantitative estimate of drug-likeness (QED) is 0.823.